The van der Waals surface area contributed by atoms with Gasteiger partial charge < -0.3 is 0 Å². The zero-order valence-electron chi connectivity index (χ0n) is 9.11. The van der Waals surface area contributed by atoms with Crippen molar-refractivity contribution in [2.75, 3.05) is 0 Å². The van der Waals surface area contributed by atoms with Gasteiger partial charge in [-0.3, -0.25) is 13.9 Å². The summed E-state index contributed by atoms with van der Waals surface area (Å²) in [4.78, 5) is 24.2. The minimum Gasteiger partial charge on any atom is -0.299 e. The first-order valence-corrected chi connectivity index (χ1v) is 5.89. The highest BCUT2D eigenvalue weighted by molar-refractivity contribution is 8.00. The SMILES string of the molecule is CCC1Cc2c(c(=O)n(C)c(=O)n2C)S1. The van der Waals surface area contributed by atoms with Crippen LogP contribution in [-0.4, -0.2) is 14.4 Å². The van der Waals surface area contributed by atoms with Gasteiger partial charge in [-0.05, 0) is 6.42 Å². The Labute approximate surface area is 91.9 Å². The molecule has 4 nitrogen and oxygen atoms in total. The predicted molar refractivity (Wildman–Crippen MR) is 60.6 cm³/mol. The Hall–Kier alpha value is -0.970. The van der Waals surface area contributed by atoms with E-state index >= 15 is 0 Å². The van der Waals surface area contributed by atoms with Gasteiger partial charge in [0, 0.05) is 31.5 Å². The fourth-order valence-electron chi connectivity index (χ4n) is 1.86. The van der Waals surface area contributed by atoms with Crippen LogP contribution in [0.25, 0.3) is 0 Å². The van der Waals surface area contributed by atoms with Crippen LogP contribution in [0.5, 0.6) is 0 Å². The third kappa shape index (κ3) is 1.45. The highest BCUT2D eigenvalue weighted by Gasteiger charge is 2.27. The monoisotopic (exact) mass is 226 g/mol. The lowest BCUT2D eigenvalue weighted by molar-refractivity contribution is 0.623. The van der Waals surface area contributed by atoms with Crippen LogP contribution in [0.4, 0.5) is 0 Å². The fourth-order valence-corrected chi connectivity index (χ4v) is 3.19. The third-order valence-corrected chi connectivity index (χ3v) is 4.38. The second kappa shape index (κ2) is 3.56. The first-order valence-electron chi connectivity index (χ1n) is 5.01. The van der Waals surface area contributed by atoms with E-state index in [4.69, 9.17) is 0 Å². The molecule has 0 radical (unpaired) electrons. The topological polar surface area (TPSA) is 44.0 Å². The highest BCUT2D eigenvalue weighted by atomic mass is 32.2. The molecule has 0 N–H and O–H groups in total. The molecule has 2 heterocycles. The van der Waals surface area contributed by atoms with E-state index in [1.165, 1.54) is 11.6 Å². The molecular weight excluding hydrogens is 212 g/mol. The smallest absolute Gasteiger partial charge is 0.299 e. The molecule has 1 aromatic rings. The molecule has 0 amide bonds. The Morgan fingerprint density at radius 2 is 2.00 bits per heavy atom. The lowest BCUT2D eigenvalue weighted by Crippen LogP contribution is -2.38. The van der Waals surface area contributed by atoms with E-state index in [1.54, 1.807) is 23.4 Å². The van der Waals surface area contributed by atoms with Crippen molar-refractivity contribution >= 4 is 11.8 Å². The van der Waals surface area contributed by atoms with Crippen molar-refractivity contribution in [3.63, 3.8) is 0 Å². The molecule has 1 aliphatic rings. The Balaban J connectivity index is 2.70. The fraction of sp³-hybridized carbons (Fsp3) is 0.600. The van der Waals surface area contributed by atoms with E-state index in [9.17, 15) is 9.59 Å². The molecule has 82 valence electrons. The van der Waals surface area contributed by atoms with Gasteiger partial charge in [-0.1, -0.05) is 6.92 Å². The van der Waals surface area contributed by atoms with Gasteiger partial charge in [0.05, 0.1) is 4.90 Å². The van der Waals surface area contributed by atoms with E-state index in [1.807, 2.05) is 0 Å². The Morgan fingerprint density at radius 1 is 1.33 bits per heavy atom. The summed E-state index contributed by atoms with van der Waals surface area (Å²) in [5.74, 6) is 0. The second-order valence-electron chi connectivity index (χ2n) is 3.83. The molecule has 1 aliphatic heterocycles. The molecule has 0 saturated heterocycles. The van der Waals surface area contributed by atoms with Gasteiger partial charge in [-0.25, -0.2) is 4.79 Å². The number of fused-ring (bicyclic) bond motifs is 1. The molecule has 1 unspecified atom stereocenters. The van der Waals surface area contributed by atoms with Gasteiger partial charge in [0.2, 0.25) is 0 Å². The quantitative estimate of drug-likeness (QED) is 0.701. The number of thioether (sulfide) groups is 1. The van der Waals surface area contributed by atoms with Crippen molar-refractivity contribution in [1.29, 1.82) is 0 Å². The summed E-state index contributed by atoms with van der Waals surface area (Å²) < 4.78 is 2.78. The van der Waals surface area contributed by atoms with Crippen LogP contribution >= 0.6 is 11.8 Å². The molecule has 0 aliphatic carbocycles. The largest absolute Gasteiger partial charge is 0.330 e. The standard InChI is InChI=1S/C10H14N2O2S/c1-4-6-5-7-8(15-6)9(13)12(3)10(14)11(7)2/h6H,4-5H2,1-3H3. The third-order valence-electron chi connectivity index (χ3n) is 2.90. The number of hydrogen-bond donors (Lipinski definition) is 0. The maximum atomic E-state index is 11.8. The lowest BCUT2D eigenvalue weighted by atomic mass is 10.2. The molecule has 0 fully saturated rings. The van der Waals surface area contributed by atoms with Gasteiger partial charge in [0.25, 0.3) is 5.56 Å². The number of aromatic nitrogens is 2. The van der Waals surface area contributed by atoms with Gasteiger partial charge in [0.1, 0.15) is 0 Å². The molecular formula is C10H14N2O2S. The summed E-state index contributed by atoms with van der Waals surface area (Å²) in [7, 11) is 3.27. The highest BCUT2D eigenvalue weighted by Crippen LogP contribution is 2.34. The minimum atomic E-state index is -0.226. The molecule has 0 aromatic carbocycles. The van der Waals surface area contributed by atoms with Crippen LogP contribution in [0.1, 0.15) is 19.0 Å². The first-order chi connectivity index (χ1) is 7.06. The zero-order valence-corrected chi connectivity index (χ0v) is 9.93. The second-order valence-corrected chi connectivity index (χ2v) is 5.14. The van der Waals surface area contributed by atoms with E-state index in [-0.39, 0.29) is 11.2 Å². The number of hydrogen-bond acceptors (Lipinski definition) is 3. The lowest BCUT2D eigenvalue weighted by Gasteiger charge is -2.07. The molecule has 0 bridgehead atoms. The van der Waals surface area contributed by atoms with Crippen molar-refractivity contribution < 1.29 is 0 Å². The predicted octanol–water partition coefficient (Wildman–Crippen LogP) is 0.511. The van der Waals surface area contributed by atoms with Crippen LogP contribution in [0.3, 0.4) is 0 Å². The summed E-state index contributed by atoms with van der Waals surface area (Å²) in [6, 6.07) is 0. The Bertz CT molecular complexity index is 515. The van der Waals surface area contributed by atoms with Crippen LogP contribution in [0.15, 0.2) is 14.5 Å². The van der Waals surface area contributed by atoms with Gasteiger partial charge >= 0.3 is 5.69 Å². The summed E-state index contributed by atoms with van der Waals surface area (Å²) in [5.41, 5.74) is 0.533. The van der Waals surface area contributed by atoms with Crippen LogP contribution in [0.2, 0.25) is 0 Å². The van der Waals surface area contributed by atoms with Crippen LogP contribution in [0, 0.1) is 0 Å². The average molecular weight is 226 g/mol. The zero-order chi connectivity index (χ0) is 11.2. The van der Waals surface area contributed by atoms with Crippen LogP contribution in [-0.2, 0) is 20.5 Å². The summed E-state index contributed by atoms with van der Waals surface area (Å²) in [5, 5.41) is 0.445. The normalized spacial score (nSPS) is 19.3. The molecule has 15 heavy (non-hydrogen) atoms. The molecule has 0 saturated carbocycles. The van der Waals surface area contributed by atoms with E-state index in [0.717, 1.165) is 23.4 Å². The molecule has 1 aromatic heterocycles. The van der Waals surface area contributed by atoms with Gasteiger partial charge in [-0.2, -0.15) is 0 Å². The molecule has 5 heteroatoms. The van der Waals surface area contributed by atoms with Crippen molar-refractivity contribution in [3.8, 4) is 0 Å². The average Bonchev–Trinajstić information content (AvgIpc) is 2.67. The van der Waals surface area contributed by atoms with Crippen LogP contribution < -0.4 is 11.2 Å². The van der Waals surface area contributed by atoms with Crippen molar-refractivity contribution in [2.24, 2.45) is 14.1 Å². The molecule has 0 spiro atoms. The first kappa shape index (κ1) is 10.5. The molecule has 1 atom stereocenters. The van der Waals surface area contributed by atoms with Gasteiger partial charge in [-0.15, -0.1) is 11.8 Å². The van der Waals surface area contributed by atoms with E-state index in [0.29, 0.717) is 5.25 Å². The maximum Gasteiger partial charge on any atom is 0.330 e. The summed E-state index contributed by atoms with van der Waals surface area (Å²) in [6.45, 7) is 2.10. The summed E-state index contributed by atoms with van der Waals surface area (Å²) >= 11 is 1.61. The van der Waals surface area contributed by atoms with E-state index in [2.05, 4.69) is 6.92 Å². The number of nitrogens with zero attached hydrogens (tertiary/aromatic N) is 2. The maximum absolute atomic E-state index is 11.8. The van der Waals surface area contributed by atoms with Crippen molar-refractivity contribution in [2.45, 2.75) is 29.9 Å². The van der Waals surface area contributed by atoms with Crippen molar-refractivity contribution in [3.05, 3.63) is 26.5 Å². The Morgan fingerprint density at radius 3 is 2.60 bits per heavy atom. The summed E-state index contributed by atoms with van der Waals surface area (Å²) in [6.07, 6.45) is 1.86. The molecule has 2 rings (SSSR count). The minimum absolute atomic E-state index is 0.144. The van der Waals surface area contributed by atoms with E-state index < -0.39 is 0 Å². The number of rotatable bonds is 1. The van der Waals surface area contributed by atoms with Gasteiger partial charge in [0.15, 0.2) is 0 Å². The van der Waals surface area contributed by atoms with Crippen molar-refractivity contribution in [1.82, 2.24) is 9.13 Å². The Kier molecular flexibility index (Phi) is 2.50.